The van der Waals surface area contributed by atoms with Crippen LogP contribution in [0.4, 0.5) is 0 Å². The van der Waals surface area contributed by atoms with E-state index in [-0.39, 0.29) is 0 Å². The van der Waals surface area contributed by atoms with Crippen LogP contribution in [0.3, 0.4) is 0 Å². The molecule has 0 saturated heterocycles. The summed E-state index contributed by atoms with van der Waals surface area (Å²) in [6.45, 7) is 0. The van der Waals surface area contributed by atoms with E-state index in [0.717, 1.165) is 5.56 Å². The molecule has 0 saturated carbocycles. The predicted molar refractivity (Wildman–Crippen MR) is 67.8 cm³/mol. The molecular formula is C14H15NO3. The molecule has 0 radical (unpaired) electrons. The first kappa shape index (κ1) is 12.4. The molecule has 4 nitrogen and oxygen atoms in total. The number of nitrogens with zero attached hydrogens (tertiary/aromatic N) is 1. The highest BCUT2D eigenvalue weighted by atomic mass is 16.5. The van der Waals surface area contributed by atoms with Gasteiger partial charge in [-0.3, -0.25) is 0 Å². The van der Waals surface area contributed by atoms with Crippen LogP contribution in [0.2, 0.25) is 0 Å². The monoisotopic (exact) mass is 245 g/mol. The van der Waals surface area contributed by atoms with E-state index < -0.39 is 6.10 Å². The third-order valence-corrected chi connectivity index (χ3v) is 2.71. The summed E-state index contributed by atoms with van der Waals surface area (Å²) in [7, 11) is 3.05. The predicted octanol–water partition coefficient (Wildman–Crippen LogP) is 2.18. The summed E-state index contributed by atoms with van der Waals surface area (Å²) in [5.74, 6) is 0.821. The maximum atomic E-state index is 10.4. The molecule has 0 aliphatic carbocycles. The van der Waals surface area contributed by atoms with Crippen molar-refractivity contribution in [1.82, 2.24) is 4.98 Å². The van der Waals surface area contributed by atoms with Gasteiger partial charge >= 0.3 is 0 Å². The fraction of sp³-hybridized carbons (Fsp3) is 0.214. The van der Waals surface area contributed by atoms with E-state index in [4.69, 9.17) is 9.47 Å². The van der Waals surface area contributed by atoms with Crippen LogP contribution in [0, 0.1) is 0 Å². The molecule has 1 N–H and O–H groups in total. The Morgan fingerprint density at radius 3 is 2.39 bits per heavy atom. The molecule has 0 aliphatic rings. The summed E-state index contributed by atoms with van der Waals surface area (Å²) in [5.41, 5.74) is 1.43. The van der Waals surface area contributed by atoms with Gasteiger partial charge in [-0.25, -0.2) is 4.98 Å². The minimum absolute atomic E-state index is 0.366. The van der Waals surface area contributed by atoms with E-state index in [1.54, 1.807) is 12.3 Å². The van der Waals surface area contributed by atoms with Crippen molar-refractivity contribution >= 4 is 0 Å². The second-order valence-corrected chi connectivity index (χ2v) is 3.76. The highest BCUT2D eigenvalue weighted by Gasteiger charge is 2.19. The fourth-order valence-corrected chi connectivity index (χ4v) is 1.82. The minimum Gasteiger partial charge on any atom is -0.491 e. The normalized spacial score (nSPS) is 11.9. The zero-order chi connectivity index (χ0) is 13.0. The molecule has 0 spiro atoms. The highest BCUT2D eigenvalue weighted by molar-refractivity contribution is 5.45. The van der Waals surface area contributed by atoms with Gasteiger partial charge in [0.2, 0.25) is 0 Å². The zero-order valence-electron chi connectivity index (χ0n) is 10.3. The molecule has 0 fully saturated rings. The van der Waals surface area contributed by atoms with Crippen LogP contribution in [0.15, 0.2) is 42.6 Å². The summed E-state index contributed by atoms with van der Waals surface area (Å²) in [4.78, 5) is 4.05. The van der Waals surface area contributed by atoms with Crippen molar-refractivity contribution in [2.45, 2.75) is 6.10 Å². The molecule has 0 amide bonds. The molecule has 1 unspecified atom stereocenters. The van der Waals surface area contributed by atoms with Crippen LogP contribution in [0.1, 0.15) is 17.2 Å². The molecule has 1 heterocycles. The third-order valence-electron chi connectivity index (χ3n) is 2.71. The molecule has 0 bridgehead atoms. The first-order valence-electron chi connectivity index (χ1n) is 5.57. The molecule has 1 aromatic heterocycles. The van der Waals surface area contributed by atoms with E-state index in [1.807, 2.05) is 30.3 Å². The van der Waals surface area contributed by atoms with Gasteiger partial charge in [0, 0.05) is 11.8 Å². The molecule has 0 aliphatic heterocycles. The van der Waals surface area contributed by atoms with Gasteiger partial charge in [0.25, 0.3) is 5.88 Å². The van der Waals surface area contributed by atoms with Crippen molar-refractivity contribution in [3.05, 3.63) is 53.7 Å². The molecule has 4 heteroatoms. The van der Waals surface area contributed by atoms with Gasteiger partial charge < -0.3 is 14.6 Å². The van der Waals surface area contributed by atoms with Crippen molar-refractivity contribution in [3.63, 3.8) is 0 Å². The average Bonchev–Trinajstić information content (AvgIpc) is 2.46. The van der Waals surface area contributed by atoms with Crippen LogP contribution >= 0.6 is 0 Å². The maximum Gasteiger partial charge on any atom is 0.257 e. The van der Waals surface area contributed by atoms with Crippen molar-refractivity contribution in [2.24, 2.45) is 0 Å². The largest absolute Gasteiger partial charge is 0.491 e. The Labute approximate surface area is 106 Å². The molecular weight excluding hydrogens is 230 g/mol. The number of hydrogen-bond donors (Lipinski definition) is 1. The number of benzene rings is 1. The van der Waals surface area contributed by atoms with Crippen molar-refractivity contribution < 1.29 is 14.6 Å². The van der Waals surface area contributed by atoms with E-state index in [0.29, 0.717) is 17.2 Å². The lowest BCUT2D eigenvalue weighted by molar-refractivity contribution is 0.212. The summed E-state index contributed by atoms with van der Waals surface area (Å²) in [6.07, 6.45) is 0.820. The molecule has 2 aromatic rings. The van der Waals surface area contributed by atoms with Crippen LogP contribution in [-0.4, -0.2) is 24.3 Å². The number of hydrogen-bond acceptors (Lipinski definition) is 4. The SMILES string of the molecule is COc1nccc(C(O)c2ccccc2)c1OC. The number of pyridine rings is 1. The number of aromatic nitrogens is 1. The Kier molecular flexibility index (Phi) is 3.79. The van der Waals surface area contributed by atoms with Crippen molar-refractivity contribution in [3.8, 4) is 11.6 Å². The van der Waals surface area contributed by atoms with Crippen molar-refractivity contribution in [1.29, 1.82) is 0 Å². The molecule has 1 atom stereocenters. The van der Waals surface area contributed by atoms with E-state index in [2.05, 4.69) is 4.98 Å². The Hall–Kier alpha value is -2.07. The zero-order valence-corrected chi connectivity index (χ0v) is 10.3. The van der Waals surface area contributed by atoms with Crippen LogP contribution in [0.5, 0.6) is 11.6 Å². The average molecular weight is 245 g/mol. The van der Waals surface area contributed by atoms with Gasteiger partial charge in [-0.05, 0) is 11.6 Å². The number of rotatable bonds is 4. The smallest absolute Gasteiger partial charge is 0.257 e. The third kappa shape index (κ3) is 2.28. The van der Waals surface area contributed by atoms with Gasteiger partial charge in [0.1, 0.15) is 6.10 Å². The number of methoxy groups -OCH3 is 2. The minimum atomic E-state index is -0.766. The quantitative estimate of drug-likeness (QED) is 0.897. The molecule has 1 aromatic carbocycles. The molecule has 94 valence electrons. The van der Waals surface area contributed by atoms with E-state index >= 15 is 0 Å². The lowest BCUT2D eigenvalue weighted by atomic mass is 10.0. The first-order chi connectivity index (χ1) is 8.77. The number of aliphatic hydroxyl groups is 1. The van der Waals surface area contributed by atoms with Crippen molar-refractivity contribution in [2.75, 3.05) is 14.2 Å². The standard InChI is InChI=1S/C14H15NO3/c1-17-13-11(8-9-15-14(13)18-2)12(16)10-6-4-3-5-7-10/h3-9,12,16H,1-2H3. The Balaban J connectivity index is 2.45. The van der Waals surface area contributed by atoms with Gasteiger partial charge in [0.05, 0.1) is 14.2 Å². The van der Waals surface area contributed by atoms with E-state index in [1.165, 1.54) is 14.2 Å². The van der Waals surface area contributed by atoms with E-state index in [9.17, 15) is 5.11 Å². The lowest BCUT2D eigenvalue weighted by Crippen LogP contribution is -2.04. The Morgan fingerprint density at radius 1 is 1.06 bits per heavy atom. The topological polar surface area (TPSA) is 51.6 Å². The lowest BCUT2D eigenvalue weighted by Gasteiger charge is -2.16. The van der Waals surface area contributed by atoms with Gasteiger partial charge in [-0.2, -0.15) is 0 Å². The van der Waals surface area contributed by atoms with Crippen LogP contribution in [-0.2, 0) is 0 Å². The number of aliphatic hydroxyl groups excluding tert-OH is 1. The van der Waals surface area contributed by atoms with Gasteiger partial charge in [-0.1, -0.05) is 30.3 Å². The Bertz CT molecular complexity index is 514. The maximum absolute atomic E-state index is 10.4. The van der Waals surface area contributed by atoms with Crippen LogP contribution < -0.4 is 9.47 Å². The van der Waals surface area contributed by atoms with Gasteiger partial charge in [-0.15, -0.1) is 0 Å². The summed E-state index contributed by atoms with van der Waals surface area (Å²) in [6, 6.07) is 11.1. The summed E-state index contributed by atoms with van der Waals surface area (Å²) >= 11 is 0. The number of ether oxygens (including phenoxy) is 2. The Morgan fingerprint density at radius 2 is 1.78 bits per heavy atom. The van der Waals surface area contributed by atoms with Crippen LogP contribution in [0.25, 0.3) is 0 Å². The second kappa shape index (κ2) is 5.51. The summed E-state index contributed by atoms with van der Waals surface area (Å²) < 4.78 is 10.4. The fourth-order valence-electron chi connectivity index (χ4n) is 1.82. The first-order valence-corrected chi connectivity index (χ1v) is 5.57. The molecule has 18 heavy (non-hydrogen) atoms. The second-order valence-electron chi connectivity index (χ2n) is 3.76. The van der Waals surface area contributed by atoms with Gasteiger partial charge in [0.15, 0.2) is 5.75 Å². The highest BCUT2D eigenvalue weighted by Crippen LogP contribution is 2.35. The summed E-state index contributed by atoms with van der Waals surface area (Å²) in [5, 5.41) is 10.4. The molecule has 2 rings (SSSR count).